The van der Waals surface area contributed by atoms with E-state index in [1.54, 1.807) is 0 Å². The van der Waals surface area contributed by atoms with E-state index < -0.39 is 0 Å². The molecule has 0 saturated heterocycles. The SMILES string of the molecule is C.CCCCCCCCCCCCC. The van der Waals surface area contributed by atoms with Crippen LogP contribution in [0.3, 0.4) is 0 Å². The van der Waals surface area contributed by atoms with Gasteiger partial charge in [0, 0.05) is 0 Å². The van der Waals surface area contributed by atoms with Crippen molar-refractivity contribution in [1.82, 2.24) is 0 Å². The van der Waals surface area contributed by atoms with E-state index in [0.717, 1.165) is 0 Å². The molecule has 88 valence electrons. The molecule has 0 rings (SSSR count). The van der Waals surface area contributed by atoms with Crippen molar-refractivity contribution in [3.63, 3.8) is 0 Å². The number of unbranched alkanes of at least 4 members (excludes halogenated alkanes) is 10. The largest absolute Gasteiger partial charge is 0.0776 e. The highest BCUT2D eigenvalue weighted by Gasteiger charge is 1.90. The van der Waals surface area contributed by atoms with Crippen molar-refractivity contribution in [3.8, 4) is 0 Å². The van der Waals surface area contributed by atoms with E-state index >= 15 is 0 Å². The molecule has 0 atom stereocenters. The van der Waals surface area contributed by atoms with E-state index in [2.05, 4.69) is 13.8 Å². The third-order valence-electron chi connectivity index (χ3n) is 2.71. The van der Waals surface area contributed by atoms with Crippen molar-refractivity contribution in [2.24, 2.45) is 0 Å². The maximum absolute atomic E-state index is 2.28. The fourth-order valence-electron chi connectivity index (χ4n) is 1.74. The zero-order chi connectivity index (χ0) is 9.78. The fraction of sp³-hybridized carbons (Fsp3) is 1.00. The van der Waals surface area contributed by atoms with E-state index in [9.17, 15) is 0 Å². The lowest BCUT2D eigenvalue weighted by Crippen LogP contribution is -1.80. The van der Waals surface area contributed by atoms with Gasteiger partial charge >= 0.3 is 0 Å². The van der Waals surface area contributed by atoms with E-state index in [1.165, 1.54) is 70.6 Å². The summed E-state index contributed by atoms with van der Waals surface area (Å²) in [6, 6.07) is 0. The molecule has 0 fully saturated rings. The van der Waals surface area contributed by atoms with Crippen molar-refractivity contribution in [2.45, 2.75) is 91.9 Å². The lowest BCUT2D eigenvalue weighted by atomic mass is 10.1. The molecular formula is C14H32. The second-order valence-electron chi connectivity index (χ2n) is 4.18. The molecule has 0 nitrogen and oxygen atoms in total. The Hall–Kier alpha value is 0. The lowest BCUT2D eigenvalue weighted by molar-refractivity contribution is 0.554. The number of rotatable bonds is 10. The van der Waals surface area contributed by atoms with E-state index in [1.807, 2.05) is 0 Å². The Kier molecular flexibility index (Phi) is 18.2. The van der Waals surface area contributed by atoms with Crippen LogP contribution in [-0.4, -0.2) is 0 Å². The van der Waals surface area contributed by atoms with Gasteiger partial charge in [0.2, 0.25) is 0 Å². The van der Waals surface area contributed by atoms with Gasteiger partial charge in [0.15, 0.2) is 0 Å². The van der Waals surface area contributed by atoms with E-state index in [4.69, 9.17) is 0 Å². The monoisotopic (exact) mass is 200 g/mol. The molecule has 0 aliphatic rings. The summed E-state index contributed by atoms with van der Waals surface area (Å²) in [7, 11) is 0. The lowest BCUT2D eigenvalue weighted by Gasteiger charge is -2.00. The molecule has 0 aromatic heterocycles. The van der Waals surface area contributed by atoms with Crippen LogP contribution in [0.2, 0.25) is 0 Å². The van der Waals surface area contributed by atoms with Gasteiger partial charge in [0.05, 0.1) is 0 Å². The zero-order valence-electron chi connectivity index (χ0n) is 9.78. The first-order valence-corrected chi connectivity index (χ1v) is 6.41. The molecular weight excluding hydrogens is 168 g/mol. The molecule has 0 aromatic carbocycles. The van der Waals surface area contributed by atoms with Crippen molar-refractivity contribution < 1.29 is 0 Å². The van der Waals surface area contributed by atoms with Crippen LogP contribution in [0.5, 0.6) is 0 Å². The van der Waals surface area contributed by atoms with Gasteiger partial charge in [-0.05, 0) is 0 Å². The molecule has 0 aliphatic carbocycles. The van der Waals surface area contributed by atoms with Crippen LogP contribution >= 0.6 is 0 Å². The Morgan fingerprint density at radius 3 is 0.857 bits per heavy atom. The Labute approximate surface area is 92.5 Å². The predicted octanol–water partition coefficient (Wildman–Crippen LogP) is 5.95. The third kappa shape index (κ3) is 14.5. The Bertz CT molecular complexity index is 66.1. The first-order valence-electron chi connectivity index (χ1n) is 6.41. The van der Waals surface area contributed by atoms with Crippen LogP contribution in [-0.2, 0) is 0 Å². The van der Waals surface area contributed by atoms with Gasteiger partial charge in [-0.2, -0.15) is 0 Å². The van der Waals surface area contributed by atoms with Gasteiger partial charge in [-0.15, -0.1) is 0 Å². The van der Waals surface area contributed by atoms with Crippen molar-refractivity contribution in [1.29, 1.82) is 0 Å². The summed E-state index contributed by atoms with van der Waals surface area (Å²) in [5.74, 6) is 0. The summed E-state index contributed by atoms with van der Waals surface area (Å²) in [5, 5.41) is 0. The maximum Gasteiger partial charge on any atom is -0.0533 e. The number of hydrogen-bond acceptors (Lipinski definition) is 0. The Morgan fingerprint density at radius 2 is 0.643 bits per heavy atom. The topological polar surface area (TPSA) is 0 Å². The minimum atomic E-state index is 0. The van der Waals surface area contributed by atoms with Gasteiger partial charge in [0.1, 0.15) is 0 Å². The molecule has 0 spiro atoms. The summed E-state index contributed by atoms with van der Waals surface area (Å²) < 4.78 is 0. The van der Waals surface area contributed by atoms with Crippen LogP contribution in [0.25, 0.3) is 0 Å². The molecule has 0 bridgehead atoms. The van der Waals surface area contributed by atoms with Crippen LogP contribution in [0.4, 0.5) is 0 Å². The first kappa shape index (κ1) is 16.4. The highest BCUT2D eigenvalue weighted by Crippen LogP contribution is 2.10. The first-order chi connectivity index (χ1) is 6.41. The van der Waals surface area contributed by atoms with Crippen molar-refractivity contribution in [3.05, 3.63) is 0 Å². The molecule has 0 heteroatoms. The molecule has 0 N–H and O–H groups in total. The van der Waals surface area contributed by atoms with Gasteiger partial charge in [0.25, 0.3) is 0 Å². The molecule has 14 heavy (non-hydrogen) atoms. The minimum absolute atomic E-state index is 0. The normalized spacial score (nSPS) is 9.86. The maximum atomic E-state index is 2.28. The Morgan fingerprint density at radius 1 is 0.429 bits per heavy atom. The molecule has 0 amide bonds. The fourth-order valence-corrected chi connectivity index (χ4v) is 1.74. The standard InChI is InChI=1S/C13H28.CH4/c1-3-5-7-9-11-13-12-10-8-6-4-2;/h3-13H2,1-2H3;1H4. The molecule has 0 aromatic rings. The summed E-state index contributed by atoms with van der Waals surface area (Å²) >= 11 is 0. The highest BCUT2D eigenvalue weighted by atomic mass is 14.0. The van der Waals surface area contributed by atoms with Crippen LogP contribution in [0.1, 0.15) is 91.9 Å². The second kappa shape index (κ2) is 15.5. The summed E-state index contributed by atoms with van der Waals surface area (Å²) in [5.41, 5.74) is 0. The second-order valence-corrected chi connectivity index (χ2v) is 4.18. The van der Waals surface area contributed by atoms with E-state index in [0.29, 0.717) is 0 Å². The smallest absolute Gasteiger partial charge is 0.0533 e. The average Bonchev–Trinajstić information content (AvgIpc) is 2.16. The highest BCUT2D eigenvalue weighted by molar-refractivity contribution is 4.46. The van der Waals surface area contributed by atoms with Gasteiger partial charge in [-0.3, -0.25) is 0 Å². The van der Waals surface area contributed by atoms with Crippen molar-refractivity contribution in [2.75, 3.05) is 0 Å². The summed E-state index contributed by atoms with van der Waals surface area (Å²) in [6.45, 7) is 4.56. The van der Waals surface area contributed by atoms with Crippen LogP contribution in [0.15, 0.2) is 0 Å². The quantitative estimate of drug-likeness (QED) is 0.382. The third-order valence-corrected chi connectivity index (χ3v) is 2.71. The van der Waals surface area contributed by atoms with Gasteiger partial charge in [-0.1, -0.05) is 91.9 Å². The van der Waals surface area contributed by atoms with Crippen molar-refractivity contribution >= 4 is 0 Å². The van der Waals surface area contributed by atoms with Gasteiger partial charge < -0.3 is 0 Å². The molecule has 0 heterocycles. The molecule has 0 radical (unpaired) electrons. The van der Waals surface area contributed by atoms with Crippen LogP contribution < -0.4 is 0 Å². The van der Waals surface area contributed by atoms with Gasteiger partial charge in [-0.25, -0.2) is 0 Å². The number of hydrogen-bond donors (Lipinski definition) is 0. The summed E-state index contributed by atoms with van der Waals surface area (Å²) in [4.78, 5) is 0. The predicted molar refractivity (Wildman–Crippen MR) is 68.9 cm³/mol. The zero-order valence-corrected chi connectivity index (χ0v) is 9.78. The van der Waals surface area contributed by atoms with Crippen LogP contribution in [0, 0.1) is 0 Å². The average molecular weight is 200 g/mol. The molecule has 0 saturated carbocycles. The minimum Gasteiger partial charge on any atom is -0.0776 e. The van der Waals surface area contributed by atoms with E-state index in [-0.39, 0.29) is 7.43 Å². The summed E-state index contributed by atoms with van der Waals surface area (Å²) in [6.07, 6.45) is 15.9. The Balaban J connectivity index is 0. The molecule has 0 aliphatic heterocycles. The molecule has 0 unspecified atom stereocenters.